The van der Waals surface area contributed by atoms with Gasteiger partial charge in [0.15, 0.2) is 5.78 Å². The number of nitrogens with two attached hydrogens (primary N) is 1. The first kappa shape index (κ1) is 34.3. The summed E-state index contributed by atoms with van der Waals surface area (Å²) >= 11 is 0. The Labute approximate surface area is 281 Å². The molecule has 2 amide bonds. The van der Waals surface area contributed by atoms with Gasteiger partial charge in [0.2, 0.25) is 27.7 Å². The number of Topliss-reactive ketones (excluding diaryl/α,β-unsaturated/α-hetero) is 1. The summed E-state index contributed by atoms with van der Waals surface area (Å²) in [6.07, 6.45) is 7.96. The van der Waals surface area contributed by atoms with Crippen LogP contribution >= 0.6 is 0 Å². The van der Waals surface area contributed by atoms with Crippen LogP contribution in [-0.4, -0.2) is 84.2 Å². The van der Waals surface area contributed by atoms with Crippen LogP contribution in [0.1, 0.15) is 65.2 Å². The maximum absolute atomic E-state index is 14.3. The van der Waals surface area contributed by atoms with E-state index in [4.69, 9.17) is 15.2 Å². The van der Waals surface area contributed by atoms with E-state index in [2.05, 4.69) is 16.6 Å². The zero-order valence-corrected chi connectivity index (χ0v) is 28.6. The molecule has 12 nitrogen and oxygen atoms in total. The number of methoxy groups -OCH3 is 1. The average molecular weight is 683 g/mol. The Balaban J connectivity index is 1.30. The predicted octanol–water partition coefficient (Wildman–Crippen LogP) is 2.87. The van der Waals surface area contributed by atoms with E-state index in [0.29, 0.717) is 18.1 Å². The van der Waals surface area contributed by atoms with Crippen molar-refractivity contribution in [1.82, 2.24) is 14.6 Å². The summed E-state index contributed by atoms with van der Waals surface area (Å²) in [7, 11) is -2.59. The lowest BCUT2D eigenvalue weighted by Crippen LogP contribution is -2.52. The standard InChI is InChI=1S/C35H46N4O8S/c1-21-8-4-5-9-23-16-35(23,33(43)38-48(44,45)34(20-40)12-13-34)17-28(41)27-15-24(19-39(27)32(42)30(36)22(2)14-21)47-31-26-11-7-6-10-25(26)29(46-3)18-37-31/h5-7,9-11,18,21-24,27,30,40H,4,8,12-17,19-20,36H2,1-3H3,(H,38,43)/b9-5-/t21-,22-,23-,24-,27+,30+,35-/m1/s1. The van der Waals surface area contributed by atoms with Crippen LogP contribution in [0.25, 0.3) is 10.8 Å². The van der Waals surface area contributed by atoms with Crippen molar-refractivity contribution in [1.29, 1.82) is 0 Å². The molecule has 7 atom stereocenters. The van der Waals surface area contributed by atoms with Crippen LogP contribution in [0.15, 0.2) is 42.6 Å². The number of allylic oxidation sites excluding steroid dienone is 2. The van der Waals surface area contributed by atoms with Gasteiger partial charge in [0, 0.05) is 23.6 Å². The van der Waals surface area contributed by atoms with Gasteiger partial charge in [0.25, 0.3) is 0 Å². The van der Waals surface area contributed by atoms with E-state index in [1.54, 1.807) is 13.3 Å². The highest BCUT2D eigenvalue weighted by Crippen LogP contribution is 2.57. The molecule has 3 heterocycles. The molecule has 2 aliphatic heterocycles. The van der Waals surface area contributed by atoms with E-state index >= 15 is 0 Å². The van der Waals surface area contributed by atoms with Crippen LogP contribution in [0.5, 0.6) is 11.6 Å². The van der Waals surface area contributed by atoms with Crippen LogP contribution in [-0.2, 0) is 24.4 Å². The van der Waals surface area contributed by atoms with Gasteiger partial charge >= 0.3 is 0 Å². The molecule has 4 N–H and O–H groups in total. The third-order valence-electron chi connectivity index (χ3n) is 11.0. The van der Waals surface area contributed by atoms with E-state index in [1.807, 2.05) is 43.3 Å². The fourth-order valence-corrected chi connectivity index (χ4v) is 8.98. The summed E-state index contributed by atoms with van der Waals surface area (Å²) in [6, 6.07) is 5.74. The number of benzene rings is 1. The number of amides is 2. The lowest BCUT2D eigenvalue weighted by atomic mass is 9.88. The Bertz CT molecular complexity index is 1730. The van der Waals surface area contributed by atoms with Crippen LogP contribution in [0.3, 0.4) is 0 Å². The molecule has 1 aromatic heterocycles. The monoisotopic (exact) mass is 682 g/mol. The molecule has 6 rings (SSSR count). The van der Waals surface area contributed by atoms with Crippen molar-refractivity contribution in [3.8, 4) is 11.6 Å². The second kappa shape index (κ2) is 13.1. The van der Waals surface area contributed by atoms with Crippen LogP contribution in [0, 0.1) is 23.2 Å². The largest absolute Gasteiger partial charge is 0.494 e. The molecule has 2 aromatic rings. The Morgan fingerprint density at radius 3 is 2.58 bits per heavy atom. The fourth-order valence-electron chi connectivity index (χ4n) is 7.50. The van der Waals surface area contributed by atoms with E-state index < -0.39 is 50.9 Å². The molecule has 260 valence electrons. The number of nitrogens with one attached hydrogen (secondary N) is 1. The number of carbonyl (C=O) groups excluding carboxylic acids is 3. The molecule has 0 bridgehead atoms. The maximum atomic E-state index is 14.3. The third kappa shape index (κ3) is 6.32. The molecular formula is C35H46N4O8S. The zero-order valence-electron chi connectivity index (χ0n) is 27.8. The summed E-state index contributed by atoms with van der Waals surface area (Å²) in [5.41, 5.74) is 5.29. The zero-order chi connectivity index (χ0) is 34.4. The van der Waals surface area contributed by atoms with Gasteiger partial charge in [-0.15, -0.1) is 0 Å². The fraction of sp³-hybridized carbons (Fsp3) is 0.600. The molecule has 4 aliphatic rings. The summed E-state index contributed by atoms with van der Waals surface area (Å²) < 4.78 is 39.0. The van der Waals surface area contributed by atoms with Crippen molar-refractivity contribution in [2.45, 2.75) is 88.1 Å². The van der Waals surface area contributed by atoms with Crippen molar-refractivity contribution in [3.05, 3.63) is 42.6 Å². The van der Waals surface area contributed by atoms with Gasteiger partial charge in [0.1, 0.15) is 16.6 Å². The van der Waals surface area contributed by atoms with Crippen LogP contribution in [0.4, 0.5) is 0 Å². The Hall–Kier alpha value is -3.55. The van der Waals surface area contributed by atoms with Gasteiger partial charge in [0.05, 0.1) is 44.0 Å². The molecule has 13 heteroatoms. The van der Waals surface area contributed by atoms with E-state index in [9.17, 15) is 27.9 Å². The number of rotatable bonds is 7. The normalized spacial score (nSPS) is 32.7. The minimum atomic E-state index is -4.16. The van der Waals surface area contributed by atoms with E-state index in [0.717, 1.165) is 30.0 Å². The Kier molecular flexibility index (Phi) is 9.33. The van der Waals surface area contributed by atoms with Gasteiger partial charge in [-0.25, -0.2) is 13.4 Å². The molecule has 2 saturated carbocycles. The number of sulfonamides is 1. The lowest BCUT2D eigenvalue weighted by Gasteiger charge is -2.30. The summed E-state index contributed by atoms with van der Waals surface area (Å²) in [6.45, 7) is 3.59. The van der Waals surface area contributed by atoms with Crippen molar-refractivity contribution < 1.29 is 37.4 Å². The topological polar surface area (TPSA) is 178 Å². The molecule has 0 spiro atoms. The average Bonchev–Trinajstić information content (AvgIpc) is 3.97. The van der Waals surface area contributed by atoms with Crippen molar-refractivity contribution >= 4 is 38.4 Å². The maximum Gasteiger partial charge on any atom is 0.242 e. The van der Waals surface area contributed by atoms with Crippen LogP contribution in [0.2, 0.25) is 0 Å². The Morgan fingerprint density at radius 1 is 1.17 bits per heavy atom. The highest BCUT2D eigenvalue weighted by molar-refractivity contribution is 7.91. The number of aliphatic hydroxyl groups excluding tert-OH is 1. The van der Waals surface area contributed by atoms with E-state index in [1.165, 1.54) is 4.90 Å². The van der Waals surface area contributed by atoms with Gasteiger partial charge in [-0.3, -0.25) is 19.1 Å². The molecule has 0 radical (unpaired) electrons. The number of aromatic nitrogens is 1. The molecule has 2 aliphatic carbocycles. The number of pyridine rings is 1. The third-order valence-corrected chi connectivity index (χ3v) is 13.1. The number of hydrogen-bond donors (Lipinski definition) is 3. The van der Waals surface area contributed by atoms with Gasteiger partial charge in [-0.2, -0.15) is 0 Å². The number of hydrogen-bond acceptors (Lipinski definition) is 10. The highest BCUT2D eigenvalue weighted by Gasteiger charge is 2.63. The summed E-state index contributed by atoms with van der Waals surface area (Å²) in [5, 5.41) is 11.3. The second-order valence-electron chi connectivity index (χ2n) is 14.4. The quantitative estimate of drug-likeness (QED) is 0.368. The summed E-state index contributed by atoms with van der Waals surface area (Å²) in [4.78, 5) is 48.1. The van der Waals surface area contributed by atoms with Gasteiger partial charge in [-0.1, -0.05) is 44.2 Å². The first-order valence-electron chi connectivity index (χ1n) is 16.9. The molecular weight excluding hydrogens is 636 g/mol. The first-order chi connectivity index (χ1) is 22.8. The minimum absolute atomic E-state index is 0.100. The SMILES string of the molecule is COc1cnc(O[C@@H]2C[C@H]3C(=O)C[C@]4(C(=O)NS(=O)(=O)C5(CO)CC5)C[C@H]4/C=C\CC[C@@H](C)C[C@@H](C)[C@H](N)C(=O)N3C2)c2ccccc12. The van der Waals surface area contributed by atoms with Crippen molar-refractivity contribution in [2.24, 2.45) is 28.9 Å². The van der Waals surface area contributed by atoms with Gasteiger partial charge < -0.3 is 25.2 Å². The van der Waals surface area contributed by atoms with Crippen molar-refractivity contribution in [2.75, 3.05) is 20.3 Å². The number of nitrogens with zero attached hydrogens (tertiary/aromatic N) is 2. The Morgan fingerprint density at radius 2 is 1.90 bits per heavy atom. The number of ether oxygens (including phenoxy) is 2. The number of aliphatic hydroxyl groups is 1. The van der Waals surface area contributed by atoms with Crippen LogP contribution < -0.4 is 19.9 Å². The molecule has 48 heavy (non-hydrogen) atoms. The second-order valence-corrected chi connectivity index (χ2v) is 16.5. The predicted molar refractivity (Wildman–Crippen MR) is 178 cm³/mol. The molecule has 3 fully saturated rings. The van der Waals surface area contributed by atoms with Gasteiger partial charge in [-0.05, 0) is 62.3 Å². The van der Waals surface area contributed by atoms with E-state index in [-0.39, 0.29) is 61.7 Å². The molecule has 1 saturated heterocycles. The summed E-state index contributed by atoms with van der Waals surface area (Å²) in [5.74, 6) is -0.717. The van der Waals surface area contributed by atoms with Crippen molar-refractivity contribution in [3.63, 3.8) is 0 Å². The smallest absolute Gasteiger partial charge is 0.242 e. The molecule has 0 unspecified atom stereocenters. The minimum Gasteiger partial charge on any atom is -0.494 e. The number of fused-ring (bicyclic) bond motifs is 3. The number of ketones is 1. The first-order valence-corrected chi connectivity index (χ1v) is 18.3. The number of carbonyl (C=O) groups is 3. The lowest BCUT2D eigenvalue weighted by molar-refractivity contribution is -0.140. The molecule has 1 aromatic carbocycles. The highest BCUT2D eigenvalue weighted by atomic mass is 32.2.